The molecule has 0 saturated carbocycles. The van der Waals surface area contributed by atoms with Gasteiger partial charge in [-0.3, -0.25) is 9.78 Å². The number of hydrogen-bond acceptors (Lipinski definition) is 4. The van der Waals surface area contributed by atoms with E-state index in [-0.39, 0.29) is 17.7 Å². The molecule has 1 aromatic heterocycles. The van der Waals surface area contributed by atoms with Crippen LogP contribution >= 0.6 is 0 Å². The Hall–Kier alpha value is -2.40. The molecule has 0 aliphatic carbocycles. The van der Waals surface area contributed by atoms with Crippen molar-refractivity contribution < 1.29 is 15.0 Å². The molecule has 0 bridgehead atoms. The molecular weight excluding hydrogens is 304 g/mol. The molecule has 1 aromatic carbocycles. The Kier molecular flexibility index (Phi) is 4.81. The second-order valence-corrected chi connectivity index (χ2v) is 6.40. The summed E-state index contributed by atoms with van der Waals surface area (Å²) in [6.45, 7) is 2.63. The third kappa shape index (κ3) is 3.57. The number of aromatic hydroxyl groups is 1. The first-order valence-electron chi connectivity index (χ1n) is 8.23. The lowest BCUT2D eigenvalue weighted by atomic mass is 9.92. The van der Waals surface area contributed by atoms with Crippen LogP contribution in [0.15, 0.2) is 42.7 Å². The van der Waals surface area contributed by atoms with E-state index < -0.39 is 6.10 Å². The quantitative estimate of drug-likeness (QED) is 0.908. The number of carbonyl (C=O) groups is 1. The molecule has 5 nitrogen and oxygen atoms in total. The van der Waals surface area contributed by atoms with Crippen molar-refractivity contribution in [2.24, 2.45) is 0 Å². The number of aliphatic hydroxyl groups excluding tert-OH is 1. The Morgan fingerprint density at radius 2 is 2.04 bits per heavy atom. The van der Waals surface area contributed by atoms with Gasteiger partial charge in [-0.25, -0.2) is 0 Å². The molecule has 0 unspecified atom stereocenters. The average Bonchev–Trinajstić information content (AvgIpc) is 2.58. The van der Waals surface area contributed by atoms with Gasteiger partial charge in [-0.15, -0.1) is 0 Å². The summed E-state index contributed by atoms with van der Waals surface area (Å²) in [4.78, 5) is 18.4. The van der Waals surface area contributed by atoms with Gasteiger partial charge in [-0.2, -0.15) is 0 Å². The fourth-order valence-corrected chi connectivity index (χ4v) is 3.21. The molecule has 0 radical (unpaired) electrons. The molecule has 1 fully saturated rings. The first-order valence-corrected chi connectivity index (χ1v) is 8.23. The normalized spacial score (nSPS) is 20.8. The number of carbonyl (C=O) groups excluding carboxylic acids is 1. The number of hydrogen-bond donors (Lipinski definition) is 2. The zero-order valence-corrected chi connectivity index (χ0v) is 13.7. The van der Waals surface area contributed by atoms with E-state index >= 15 is 0 Å². The summed E-state index contributed by atoms with van der Waals surface area (Å²) in [5.41, 5.74) is 2.62. The van der Waals surface area contributed by atoms with Crippen molar-refractivity contribution in [1.29, 1.82) is 0 Å². The maximum atomic E-state index is 12.8. The summed E-state index contributed by atoms with van der Waals surface area (Å²) in [6.07, 6.45) is 4.27. The molecule has 2 N–H and O–H groups in total. The number of nitrogens with zero attached hydrogens (tertiary/aromatic N) is 2. The molecule has 2 heterocycles. The van der Waals surface area contributed by atoms with Crippen molar-refractivity contribution in [2.45, 2.75) is 38.3 Å². The highest BCUT2D eigenvalue weighted by molar-refractivity contribution is 5.94. The van der Waals surface area contributed by atoms with E-state index in [1.54, 1.807) is 4.90 Å². The largest absolute Gasteiger partial charge is 0.506 e. The van der Waals surface area contributed by atoms with Crippen LogP contribution in [0, 0.1) is 6.92 Å². The van der Waals surface area contributed by atoms with Gasteiger partial charge in [-0.05, 0) is 37.8 Å². The van der Waals surface area contributed by atoms with Crippen LogP contribution in [0.3, 0.4) is 0 Å². The van der Waals surface area contributed by atoms with Crippen LogP contribution < -0.4 is 0 Å². The fraction of sp³-hybridized carbons (Fsp3) is 0.368. The molecule has 1 aliphatic rings. The molecule has 1 saturated heterocycles. The minimum atomic E-state index is -0.547. The average molecular weight is 326 g/mol. The predicted molar refractivity (Wildman–Crippen MR) is 90.9 cm³/mol. The van der Waals surface area contributed by atoms with Crippen LogP contribution in [0.4, 0.5) is 0 Å². The van der Waals surface area contributed by atoms with Crippen LogP contribution in [-0.2, 0) is 6.42 Å². The summed E-state index contributed by atoms with van der Waals surface area (Å²) in [7, 11) is 0. The van der Waals surface area contributed by atoms with Gasteiger partial charge in [0.05, 0.1) is 23.9 Å². The standard InChI is InChI=1S/C19H22N2O3/c1-13-4-6-14(7-5-13)9-17-18(23)3-2-8-21(17)19(24)15-10-16(22)12-20-11-15/h4-7,10-12,17-18,22-23H,2-3,8-9H2,1H3/t17-,18-/m0/s1. The number of aryl methyl sites for hydroxylation is 1. The molecular formula is C19H22N2O3. The van der Waals surface area contributed by atoms with E-state index in [1.807, 2.05) is 31.2 Å². The highest BCUT2D eigenvalue weighted by Crippen LogP contribution is 2.24. The zero-order chi connectivity index (χ0) is 17.1. The number of aromatic nitrogens is 1. The van der Waals surface area contributed by atoms with Crippen LogP contribution in [-0.4, -0.2) is 44.7 Å². The first-order chi connectivity index (χ1) is 11.5. The van der Waals surface area contributed by atoms with Crippen molar-refractivity contribution in [1.82, 2.24) is 9.88 Å². The lowest BCUT2D eigenvalue weighted by Gasteiger charge is -2.39. The molecule has 3 rings (SSSR count). The second kappa shape index (κ2) is 7.01. The number of rotatable bonds is 3. The monoisotopic (exact) mass is 326 g/mol. The summed E-state index contributed by atoms with van der Waals surface area (Å²) in [5, 5.41) is 20.0. The van der Waals surface area contributed by atoms with Crippen LogP contribution in [0.25, 0.3) is 0 Å². The third-order valence-corrected chi connectivity index (χ3v) is 4.54. The number of likely N-dealkylation sites (tertiary alicyclic amines) is 1. The van der Waals surface area contributed by atoms with E-state index in [0.717, 1.165) is 12.0 Å². The lowest BCUT2D eigenvalue weighted by Crippen LogP contribution is -2.52. The lowest BCUT2D eigenvalue weighted by molar-refractivity contribution is 0.0118. The third-order valence-electron chi connectivity index (χ3n) is 4.54. The molecule has 24 heavy (non-hydrogen) atoms. The van der Waals surface area contributed by atoms with Crippen molar-refractivity contribution in [2.75, 3.05) is 6.54 Å². The van der Waals surface area contributed by atoms with Gasteiger partial charge in [0.15, 0.2) is 0 Å². The predicted octanol–water partition coefficient (Wildman–Crippen LogP) is 2.30. The first kappa shape index (κ1) is 16.5. The fourth-order valence-electron chi connectivity index (χ4n) is 3.21. The Balaban J connectivity index is 1.83. The van der Waals surface area contributed by atoms with Crippen molar-refractivity contribution in [3.63, 3.8) is 0 Å². The number of amides is 1. The smallest absolute Gasteiger partial charge is 0.255 e. The van der Waals surface area contributed by atoms with E-state index in [1.165, 1.54) is 24.0 Å². The van der Waals surface area contributed by atoms with Gasteiger partial charge >= 0.3 is 0 Å². The SMILES string of the molecule is Cc1ccc(C[C@H]2[C@@H](O)CCCN2C(=O)c2cncc(O)c2)cc1. The van der Waals surface area contributed by atoms with Crippen LogP contribution in [0.1, 0.15) is 34.3 Å². The maximum Gasteiger partial charge on any atom is 0.255 e. The van der Waals surface area contributed by atoms with Gasteiger partial charge in [-0.1, -0.05) is 29.8 Å². The number of aliphatic hydroxyl groups is 1. The Morgan fingerprint density at radius 3 is 2.75 bits per heavy atom. The van der Waals surface area contributed by atoms with Crippen LogP contribution in [0.2, 0.25) is 0 Å². The van der Waals surface area contributed by atoms with Gasteiger partial charge in [0.1, 0.15) is 5.75 Å². The number of pyridine rings is 1. The minimum absolute atomic E-state index is 0.0338. The number of piperidine rings is 1. The molecule has 1 amide bonds. The minimum Gasteiger partial charge on any atom is -0.506 e. The van der Waals surface area contributed by atoms with Gasteiger partial charge < -0.3 is 15.1 Å². The Bertz CT molecular complexity index is 715. The zero-order valence-electron chi connectivity index (χ0n) is 13.7. The van der Waals surface area contributed by atoms with E-state index in [2.05, 4.69) is 4.98 Å². The topological polar surface area (TPSA) is 73.7 Å². The van der Waals surface area contributed by atoms with Crippen molar-refractivity contribution in [3.8, 4) is 5.75 Å². The summed E-state index contributed by atoms with van der Waals surface area (Å²) in [6, 6.07) is 9.30. The highest BCUT2D eigenvalue weighted by atomic mass is 16.3. The Labute approximate surface area is 141 Å². The van der Waals surface area contributed by atoms with Gasteiger partial charge in [0.2, 0.25) is 0 Å². The maximum absolute atomic E-state index is 12.8. The molecule has 2 atom stereocenters. The molecule has 1 aliphatic heterocycles. The molecule has 2 aromatic rings. The summed E-state index contributed by atoms with van der Waals surface area (Å²) >= 11 is 0. The Morgan fingerprint density at radius 1 is 1.29 bits per heavy atom. The molecule has 126 valence electrons. The molecule has 0 spiro atoms. The van der Waals surface area contributed by atoms with Crippen LogP contribution in [0.5, 0.6) is 5.75 Å². The van der Waals surface area contributed by atoms with Gasteiger partial charge in [0.25, 0.3) is 5.91 Å². The van der Waals surface area contributed by atoms with Crippen molar-refractivity contribution in [3.05, 3.63) is 59.4 Å². The van der Waals surface area contributed by atoms with E-state index in [0.29, 0.717) is 24.9 Å². The summed E-state index contributed by atoms with van der Waals surface area (Å²) in [5.74, 6) is -0.234. The molecule has 5 heteroatoms. The van der Waals surface area contributed by atoms with Crippen molar-refractivity contribution >= 4 is 5.91 Å². The van der Waals surface area contributed by atoms with E-state index in [4.69, 9.17) is 0 Å². The second-order valence-electron chi connectivity index (χ2n) is 6.40. The van der Waals surface area contributed by atoms with E-state index in [9.17, 15) is 15.0 Å². The number of benzene rings is 1. The van der Waals surface area contributed by atoms with Gasteiger partial charge in [0, 0.05) is 12.7 Å². The summed E-state index contributed by atoms with van der Waals surface area (Å²) < 4.78 is 0. The highest BCUT2D eigenvalue weighted by Gasteiger charge is 2.33.